The van der Waals surface area contributed by atoms with E-state index in [0.717, 1.165) is 19.6 Å². The van der Waals surface area contributed by atoms with Gasteiger partial charge in [-0.25, -0.2) is 0 Å². The molecule has 0 radical (unpaired) electrons. The molecule has 0 aromatic heterocycles. The second-order valence-electron chi connectivity index (χ2n) is 4.36. The van der Waals surface area contributed by atoms with Gasteiger partial charge in [-0.3, -0.25) is 4.79 Å². The summed E-state index contributed by atoms with van der Waals surface area (Å²) in [5, 5.41) is 3.77. The summed E-state index contributed by atoms with van der Waals surface area (Å²) < 4.78 is 5.46. The van der Waals surface area contributed by atoms with Crippen LogP contribution in [0.25, 0.3) is 0 Å². The molecule has 1 N–H and O–H groups in total. The number of para-hydroxylation sites is 1. The molecule has 1 aliphatic heterocycles. The molecule has 106 valence electrons. The number of piperazine rings is 1. The van der Waals surface area contributed by atoms with Gasteiger partial charge >= 0.3 is 0 Å². The van der Waals surface area contributed by atoms with Crippen LogP contribution in [0.2, 0.25) is 5.02 Å². The Balaban J connectivity index is 0.00000180. The Morgan fingerprint density at radius 2 is 2.26 bits per heavy atom. The average Bonchev–Trinajstić information content (AvgIpc) is 2.38. The van der Waals surface area contributed by atoms with E-state index in [9.17, 15) is 4.79 Å². The number of ether oxygens (including phenoxy) is 1. The second kappa shape index (κ2) is 7.58. The van der Waals surface area contributed by atoms with Gasteiger partial charge in [0, 0.05) is 25.7 Å². The molecule has 1 aromatic rings. The van der Waals surface area contributed by atoms with Gasteiger partial charge in [0.1, 0.15) is 5.75 Å². The van der Waals surface area contributed by atoms with Gasteiger partial charge in [-0.15, -0.1) is 12.4 Å². The van der Waals surface area contributed by atoms with Crippen LogP contribution in [-0.2, 0) is 4.79 Å². The van der Waals surface area contributed by atoms with Gasteiger partial charge in [0.25, 0.3) is 5.91 Å². The first kappa shape index (κ1) is 16.1. The molecule has 0 unspecified atom stereocenters. The van der Waals surface area contributed by atoms with Crippen molar-refractivity contribution in [2.45, 2.75) is 13.0 Å². The summed E-state index contributed by atoms with van der Waals surface area (Å²) in [4.78, 5) is 13.9. The molecule has 2 rings (SSSR count). The fraction of sp³-hybridized carbons (Fsp3) is 0.462. The highest BCUT2D eigenvalue weighted by Gasteiger charge is 2.23. The summed E-state index contributed by atoms with van der Waals surface area (Å²) in [6.45, 7) is 4.46. The number of rotatable bonds is 3. The number of amides is 1. The molecule has 1 fully saturated rings. The van der Waals surface area contributed by atoms with Gasteiger partial charge in [0.2, 0.25) is 0 Å². The lowest BCUT2D eigenvalue weighted by Crippen LogP contribution is -2.53. The van der Waals surface area contributed by atoms with Crippen LogP contribution in [0.1, 0.15) is 6.92 Å². The van der Waals surface area contributed by atoms with E-state index in [1.807, 2.05) is 24.0 Å². The maximum absolute atomic E-state index is 12.0. The van der Waals surface area contributed by atoms with Crippen molar-refractivity contribution in [3.63, 3.8) is 0 Å². The molecule has 1 heterocycles. The van der Waals surface area contributed by atoms with Crippen molar-refractivity contribution in [1.29, 1.82) is 0 Å². The molecule has 6 heteroatoms. The summed E-state index contributed by atoms with van der Waals surface area (Å²) >= 11 is 5.96. The van der Waals surface area contributed by atoms with Crippen molar-refractivity contribution >= 4 is 29.9 Å². The first-order valence-corrected chi connectivity index (χ1v) is 6.44. The quantitative estimate of drug-likeness (QED) is 0.928. The lowest BCUT2D eigenvalue weighted by Gasteiger charge is -2.33. The molecule has 0 saturated carbocycles. The van der Waals surface area contributed by atoms with Crippen molar-refractivity contribution < 1.29 is 9.53 Å². The van der Waals surface area contributed by atoms with Crippen LogP contribution in [0.5, 0.6) is 5.75 Å². The van der Waals surface area contributed by atoms with E-state index < -0.39 is 0 Å². The third-order valence-corrected chi connectivity index (χ3v) is 3.32. The van der Waals surface area contributed by atoms with Gasteiger partial charge in [0.05, 0.1) is 5.02 Å². The topological polar surface area (TPSA) is 41.6 Å². The molecule has 1 saturated heterocycles. The van der Waals surface area contributed by atoms with Crippen LogP contribution < -0.4 is 10.1 Å². The highest BCUT2D eigenvalue weighted by Crippen LogP contribution is 2.23. The molecule has 1 aromatic carbocycles. The Morgan fingerprint density at radius 3 is 2.95 bits per heavy atom. The van der Waals surface area contributed by atoms with E-state index in [-0.39, 0.29) is 31.0 Å². The van der Waals surface area contributed by atoms with Crippen LogP contribution in [0.4, 0.5) is 0 Å². The van der Waals surface area contributed by atoms with Crippen LogP contribution in [0, 0.1) is 0 Å². The number of nitrogens with one attached hydrogen (secondary N) is 1. The van der Waals surface area contributed by atoms with Crippen molar-refractivity contribution in [2.75, 3.05) is 26.2 Å². The zero-order valence-corrected chi connectivity index (χ0v) is 12.3. The SMILES string of the molecule is C[C@H]1CNCCN1C(=O)COc1ccccc1Cl.Cl. The van der Waals surface area contributed by atoms with E-state index in [2.05, 4.69) is 5.32 Å². The lowest BCUT2D eigenvalue weighted by atomic mass is 10.2. The van der Waals surface area contributed by atoms with Crippen molar-refractivity contribution in [1.82, 2.24) is 10.2 Å². The van der Waals surface area contributed by atoms with E-state index in [0.29, 0.717) is 10.8 Å². The number of carbonyl (C=O) groups excluding carboxylic acids is 1. The van der Waals surface area contributed by atoms with Crippen molar-refractivity contribution in [3.8, 4) is 5.75 Å². The average molecular weight is 305 g/mol. The molecule has 0 aliphatic carbocycles. The third kappa shape index (κ3) is 4.27. The normalized spacial score (nSPS) is 18.6. The summed E-state index contributed by atoms with van der Waals surface area (Å²) in [5.41, 5.74) is 0. The summed E-state index contributed by atoms with van der Waals surface area (Å²) in [5.74, 6) is 0.555. The monoisotopic (exact) mass is 304 g/mol. The molecule has 0 spiro atoms. The zero-order valence-electron chi connectivity index (χ0n) is 10.8. The van der Waals surface area contributed by atoms with Gasteiger partial charge < -0.3 is 15.0 Å². The fourth-order valence-electron chi connectivity index (χ4n) is 2.00. The number of hydrogen-bond donors (Lipinski definition) is 1. The number of nitrogens with zero attached hydrogens (tertiary/aromatic N) is 1. The Kier molecular flexibility index (Phi) is 6.42. The summed E-state index contributed by atoms with van der Waals surface area (Å²) in [6.07, 6.45) is 0. The first-order chi connectivity index (χ1) is 8.68. The highest BCUT2D eigenvalue weighted by molar-refractivity contribution is 6.32. The standard InChI is InChI=1S/C13H17ClN2O2.ClH/c1-10-8-15-6-7-16(10)13(17)9-18-12-5-3-2-4-11(12)14;/h2-5,10,15H,6-9H2,1H3;1H/t10-;/m0./s1. The minimum Gasteiger partial charge on any atom is -0.482 e. The molecule has 4 nitrogen and oxygen atoms in total. The van der Waals surface area contributed by atoms with Crippen LogP contribution in [0.15, 0.2) is 24.3 Å². The molecular formula is C13H18Cl2N2O2. The minimum absolute atomic E-state index is 0. The second-order valence-corrected chi connectivity index (χ2v) is 4.77. The number of hydrogen-bond acceptors (Lipinski definition) is 3. The number of halogens is 2. The maximum Gasteiger partial charge on any atom is 0.260 e. The summed E-state index contributed by atoms with van der Waals surface area (Å²) in [6, 6.07) is 7.38. The van der Waals surface area contributed by atoms with E-state index in [1.54, 1.807) is 12.1 Å². The Bertz CT molecular complexity index is 429. The molecule has 1 aliphatic rings. The smallest absolute Gasteiger partial charge is 0.260 e. The Morgan fingerprint density at radius 1 is 1.53 bits per heavy atom. The molecule has 19 heavy (non-hydrogen) atoms. The highest BCUT2D eigenvalue weighted by atomic mass is 35.5. The van der Waals surface area contributed by atoms with Crippen LogP contribution in [-0.4, -0.2) is 43.1 Å². The number of benzene rings is 1. The molecule has 1 atom stereocenters. The summed E-state index contributed by atoms with van der Waals surface area (Å²) in [7, 11) is 0. The van der Waals surface area contributed by atoms with Gasteiger partial charge in [-0.05, 0) is 19.1 Å². The molecule has 1 amide bonds. The van der Waals surface area contributed by atoms with E-state index in [4.69, 9.17) is 16.3 Å². The first-order valence-electron chi connectivity index (χ1n) is 6.06. The fourth-order valence-corrected chi connectivity index (χ4v) is 2.19. The molecular weight excluding hydrogens is 287 g/mol. The number of carbonyl (C=O) groups is 1. The minimum atomic E-state index is 0. The maximum atomic E-state index is 12.0. The van der Waals surface area contributed by atoms with E-state index in [1.165, 1.54) is 0 Å². The zero-order chi connectivity index (χ0) is 13.0. The van der Waals surface area contributed by atoms with Crippen LogP contribution >= 0.6 is 24.0 Å². The Hall–Kier alpha value is -0.970. The van der Waals surface area contributed by atoms with E-state index >= 15 is 0 Å². The van der Waals surface area contributed by atoms with Gasteiger partial charge in [-0.2, -0.15) is 0 Å². The predicted molar refractivity (Wildman–Crippen MR) is 78.2 cm³/mol. The largest absolute Gasteiger partial charge is 0.482 e. The third-order valence-electron chi connectivity index (χ3n) is 3.01. The van der Waals surface area contributed by atoms with Gasteiger partial charge in [0.15, 0.2) is 6.61 Å². The Labute approximate surface area is 124 Å². The van der Waals surface area contributed by atoms with Crippen molar-refractivity contribution in [3.05, 3.63) is 29.3 Å². The lowest BCUT2D eigenvalue weighted by molar-refractivity contribution is -0.136. The van der Waals surface area contributed by atoms with Crippen molar-refractivity contribution in [2.24, 2.45) is 0 Å². The predicted octanol–water partition coefficient (Wildman–Crippen LogP) is 1.96. The van der Waals surface area contributed by atoms with Crippen LogP contribution in [0.3, 0.4) is 0 Å². The van der Waals surface area contributed by atoms with Gasteiger partial charge in [-0.1, -0.05) is 23.7 Å². The molecule has 0 bridgehead atoms.